The molecular formula is C16H19FN2O2. The average Bonchev–Trinajstić information content (AvgIpc) is 2.46. The lowest BCUT2D eigenvalue weighted by Crippen LogP contribution is -2.34. The Morgan fingerprint density at radius 1 is 1.38 bits per heavy atom. The molecule has 4 nitrogen and oxygen atoms in total. The minimum Gasteiger partial charge on any atom is -0.481 e. The smallest absolute Gasteiger partial charge is 0.303 e. The molecule has 1 aromatic rings. The van der Waals surface area contributed by atoms with Crippen LogP contribution in [-0.2, 0) is 4.79 Å². The standard InChI is InChI=1S/C16H19FN2O2/c17-13-8-12(10-18)4-5-14(13)19-11-16(9-15(20)21)6-2-1-3-7-16/h4-5,8,19H,1-3,6-7,9,11H2,(H,20,21). The van der Waals surface area contributed by atoms with Gasteiger partial charge in [-0.25, -0.2) is 4.39 Å². The van der Waals surface area contributed by atoms with Crippen molar-refractivity contribution in [1.82, 2.24) is 0 Å². The van der Waals surface area contributed by atoms with Crippen molar-refractivity contribution in [3.8, 4) is 6.07 Å². The van der Waals surface area contributed by atoms with Crippen LogP contribution >= 0.6 is 0 Å². The van der Waals surface area contributed by atoms with Crippen LogP contribution in [0.4, 0.5) is 10.1 Å². The Morgan fingerprint density at radius 3 is 2.67 bits per heavy atom. The van der Waals surface area contributed by atoms with E-state index in [1.165, 1.54) is 12.1 Å². The van der Waals surface area contributed by atoms with Crippen LogP contribution in [0, 0.1) is 22.6 Å². The van der Waals surface area contributed by atoms with Crippen LogP contribution in [0.5, 0.6) is 0 Å². The summed E-state index contributed by atoms with van der Waals surface area (Å²) in [6, 6.07) is 6.16. The summed E-state index contributed by atoms with van der Waals surface area (Å²) in [6.07, 6.45) is 4.98. The summed E-state index contributed by atoms with van der Waals surface area (Å²) in [5, 5.41) is 20.9. The van der Waals surface area contributed by atoms with E-state index in [0.29, 0.717) is 12.2 Å². The normalized spacial score (nSPS) is 17.0. The van der Waals surface area contributed by atoms with Crippen molar-refractivity contribution in [3.63, 3.8) is 0 Å². The lowest BCUT2D eigenvalue weighted by atomic mass is 9.71. The highest BCUT2D eigenvalue weighted by atomic mass is 19.1. The molecule has 2 N–H and O–H groups in total. The summed E-state index contributed by atoms with van der Waals surface area (Å²) < 4.78 is 13.8. The first kappa shape index (κ1) is 15.3. The van der Waals surface area contributed by atoms with E-state index in [2.05, 4.69) is 5.32 Å². The number of benzene rings is 1. The molecule has 2 rings (SSSR count). The van der Waals surface area contributed by atoms with Gasteiger partial charge in [-0.15, -0.1) is 0 Å². The first-order valence-corrected chi connectivity index (χ1v) is 7.20. The topological polar surface area (TPSA) is 73.1 Å². The second kappa shape index (κ2) is 6.57. The predicted octanol–water partition coefficient (Wildman–Crippen LogP) is 3.53. The number of halogens is 1. The van der Waals surface area contributed by atoms with Crippen molar-refractivity contribution < 1.29 is 14.3 Å². The van der Waals surface area contributed by atoms with Gasteiger partial charge in [0, 0.05) is 6.54 Å². The molecule has 0 bridgehead atoms. The van der Waals surface area contributed by atoms with Crippen LogP contribution in [0.1, 0.15) is 44.1 Å². The summed E-state index contributed by atoms with van der Waals surface area (Å²) in [7, 11) is 0. The number of aliphatic carboxylic acids is 1. The van der Waals surface area contributed by atoms with E-state index in [9.17, 15) is 9.18 Å². The van der Waals surface area contributed by atoms with Gasteiger partial charge in [-0.1, -0.05) is 19.3 Å². The molecule has 5 heteroatoms. The summed E-state index contributed by atoms with van der Waals surface area (Å²) in [5.41, 5.74) is 0.296. The average molecular weight is 290 g/mol. The molecule has 1 saturated carbocycles. The molecule has 1 aliphatic rings. The Labute approximate surface area is 123 Å². The quantitative estimate of drug-likeness (QED) is 0.870. The van der Waals surface area contributed by atoms with Crippen LogP contribution in [0.15, 0.2) is 18.2 Å². The maximum absolute atomic E-state index is 13.8. The van der Waals surface area contributed by atoms with Gasteiger partial charge in [0.15, 0.2) is 0 Å². The lowest BCUT2D eigenvalue weighted by molar-refractivity contribution is -0.140. The van der Waals surface area contributed by atoms with E-state index in [0.717, 1.165) is 32.1 Å². The number of nitrogens with one attached hydrogen (secondary N) is 1. The molecule has 0 saturated heterocycles. The van der Waals surface area contributed by atoms with Crippen LogP contribution in [0.25, 0.3) is 0 Å². The Morgan fingerprint density at radius 2 is 2.10 bits per heavy atom. The molecule has 0 amide bonds. The molecule has 1 fully saturated rings. The fraction of sp³-hybridized carbons (Fsp3) is 0.500. The highest BCUT2D eigenvalue weighted by Gasteiger charge is 2.34. The van der Waals surface area contributed by atoms with Gasteiger partial charge in [-0.2, -0.15) is 5.26 Å². The van der Waals surface area contributed by atoms with E-state index in [1.54, 1.807) is 6.07 Å². The Bertz CT molecular complexity index is 560. The monoisotopic (exact) mass is 290 g/mol. The molecule has 112 valence electrons. The zero-order valence-corrected chi connectivity index (χ0v) is 11.9. The molecule has 1 aromatic carbocycles. The van der Waals surface area contributed by atoms with E-state index >= 15 is 0 Å². The molecule has 0 unspecified atom stereocenters. The minimum absolute atomic E-state index is 0.109. The van der Waals surface area contributed by atoms with Gasteiger partial charge < -0.3 is 10.4 Å². The number of rotatable bonds is 5. The van der Waals surface area contributed by atoms with Gasteiger partial charge in [-0.05, 0) is 36.5 Å². The van der Waals surface area contributed by atoms with E-state index in [1.807, 2.05) is 6.07 Å². The van der Waals surface area contributed by atoms with Gasteiger partial charge >= 0.3 is 5.97 Å². The molecule has 0 radical (unpaired) electrons. The van der Waals surface area contributed by atoms with Crippen LogP contribution in [0.2, 0.25) is 0 Å². The van der Waals surface area contributed by atoms with E-state index < -0.39 is 11.8 Å². The third-order valence-corrected chi connectivity index (χ3v) is 4.19. The number of carbonyl (C=O) groups is 1. The SMILES string of the molecule is N#Cc1ccc(NCC2(CC(=O)O)CCCCC2)c(F)c1. The first-order chi connectivity index (χ1) is 10.0. The maximum Gasteiger partial charge on any atom is 0.303 e. The predicted molar refractivity (Wildman–Crippen MR) is 77.4 cm³/mol. The summed E-state index contributed by atoms with van der Waals surface area (Å²) in [6.45, 7) is 0.447. The largest absolute Gasteiger partial charge is 0.481 e. The number of carboxylic acids is 1. The molecule has 21 heavy (non-hydrogen) atoms. The molecule has 0 aromatic heterocycles. The highest BCUT2D eigenvalue weighted by molar-refractivity contribution is 5.68. The van der Waals surface area contributed by atoms with Gasteiger partial charge in [-0.3, -0.25) is 4.79 Å². The first-order valence-electron chi connectivity index (χ1n) is 7.20. The molecule has 0 heterocycles. The number of nitrogens with zero attached hydrogens (tertiary/aromatic N) is 1. The Kier molecular flexibility index (Phi) is 4.79. The summed E-state index contributed by atoms with van der Waals surface area (Å²) in [5.74, 6) is -1.28. The molecular weight excluding hydrogens is 271 g/mol. The minimum atomic E-state index is -0.806. The van der Waals surface area contributed by atoms with E-state index in [-0.39, 0.29) is 17.4 Å². The fourth-order valence-corrected chi connectivity index (χ4v) is 3.05. The molecule has 0 spiro atoms. The van der Waals surface area contributed by atoms with Crippen LogP contribution in [0.3, 0.4) is 0 Å². The molecule has 0 aliphatic heterocycles. The van der Waals surface area contributed by atoms with Crippen molar-refractivity contribution in [2.45, 2.75) is 38.5 Å². The van der Waals surface area contributed by atoms with Gasteiger partial charge in [0.2, 0.25) is 0 Å². The number of anilines is 1. The Hall–Kier alpha value is -2.09. The Balaban J connectivity index is 2.08. The zero-order chi connectivity index (χ0) is 15.3. The summed E-state index contributed by atoms with van der Waals surface area (Å²) in [4.78, 5) is 11.1. The van der Waals surface area contributed by atoms with Gasteiger partial charge in [0.25, 0.3) is 0 Å². The highest BCUT2D eigenvalue weighted by Crippen LogP contribution is 2.39. The van der Waals surface area contributed by atoms with Gasteiger partial charge in [0.1, 0.15) is 5.82 Å². The second-order valence-corrected chi connectivity index (χ2v) is 5.79. The van der Waals surface area contributed by atoms with Crippen molar-refractivity contribution in [3.05, 3.63) is 29.6 Å². The number of hydrogen-bond donors (Lipinski definition) is 2. The number of carboxylic acid groups (broad SMARTS) is 1. The second-order valence-electron chi connectivity index (χ2n) is 5.79. The molecule has 1 aliphatic carbocycles. The van der Waals surface area contributed by atoms with Crippen molar-refractivity contribution in [1.29, 1.82) is 5.26 Å². The van der Waals surface area contributed by atoms with Crippen LogP contribution in [-0.4, -0.2) is 17.6 Å². The number of hydrogen-bond acceptors (Lipinski definition) is 3. The maximum atomic E-state index is 13.8. The van der Waals surface area contributed by atoms with Crippen molar-refractivity contribution in [2.24, 2.45) is 5.41 Å². The van der Waals surface area contributed by atoms with Crippen molar-refractivity contribution in [2.75, 3.05) is 11.9 Å². The third-order valence-electron chi connectivity index (χ3n) is 4.19. The summed E-state index contributed by atoms with van der Waals surface area (Å²) >= 11 is 0. The van der Waals surface area contributed by atoms with Gasteiger partial charge in [0.05, 0.1) is 23.7 Å². The lowest BCUT2D eigenvalue weighted by Gasteiger charge is -2.36. The molecule has 0 atom stereocenters. The fourth-order valence-electron chi connectivity index (χ4n) is 3.05. The number of nitriles is 1. The zero-order valence-electron chi connectivity index (χ0n) is 11.9. The third kappa shape index (κ3) is 3.94. The van der Waals surface area contributed by atoms with Crippen LogP contribution < -0.4 is 5.32 Å². The van der Waals surface area contributed by atoms with E-state index in [4.69, 9.17) is 10.4 Å². The van der Waals surface area contributed by atoms with Crippen molar-refractivity contribution >= 4 is 11.7 Å².